The molecule has 4 heteroatoms. The molecule has 0 bridgehead atoms. The summed E-state index contributed by atoms with van der Waals surface area (Å²) in [5.74, 6) is 0.798. The number of carbonyl (C=O) groups is 1. The molecule has 0 unspecified atom stereocenters. The first-order valence-electron chi connectivity index (χ1n) is 7.11. The van der Waals surface area contributed by atoms with Crippen molar-refractivity contribution in [1.82, 2.24) is 10.2 Å². The van der Waals surface area contributed by atoms with Crippen LogP contribution < -0.4 is 5.32 Å². The fourth-order valence-electron chi connectivity index (χ4n) is 2.40. The van der Waals surface area contributed by atoms with Gasteiger partial charge in [-0.2, -0.15) is 0 Å². The van der Waals surface area contributed by atoms with Gasteiger partial charge in [-0.15, -0.1) is 11.8 Å². The number of likely N-dealkylation sites (tertiary alicyclic amines) is 1. The number of piperidine rings is 1. The van der Waals surface area contributed by atoms with Gasteiger partial charge in [0.25, 0.3) is 0 Å². The molecule has 0 aromatic rings. The first-order chi connectivity index (χ1) is 8.44. The zero-order chi connectivity index (χ0) is 13.2. The third-order valence-electron chi connectivity index (χ3n) is 3.59. The Balaban J connectivity index is 1.63. The first kappa shape index (κ1) is 14.2. The molecule has 1 aliphatic carbocycles. The molecule has 18 heavy (non-hydrogen) atoms. The van der Waals surface area contributed by atoms with Gasteiger partial charge < -0.3 is 10.2 Å². The first-order valence-corrected chi connectivity index (χ1v) is 8.10. The molecule has 1 N–H and O–H groups in total. The zero-order valence-electron chi connectivity index (χ0n) is 11.9. The van der Waals surface area contributed by atoms with Crippen molar-refractivity contribution < 1.29 is 4.79 Å². The lowest BCUT2D eigenvalue weighted by molar-refractivity contribution is -0.119. The molecule has 0 radical (unpaired) electrons. The highest BCUT2D eigenvalue weighted by Crippen LogP contribution is 2.29. The maximum atomic E-state index is 11.8. The molecule has 0 atom stereocenters. The quantitative estimate of drug-likeness (QED) is 0.850. The summed E-state index contributed by atoms with van der Waals surface area (Å²) in [7, 11) is 0. The van der Waals surface area contributed by atoms with E-state index in [1.54, 1.807) is 11.8 Å². The van der Waals surface area contributed by atoms with Crippen LogP contribution in [0.25, 0.3) is 0 Å². The fourth-order valence-corrected chi connectivity index (χ4v) is 3.05. The van der Waals surface area contributed by atoms with Crippen molar-refractivity contribution in [3.8, 4) is 0 Å². The van der Waals surface area contributed by atoms with E-state index in [0.717, 1.165) is 18.9 Å². The predicted molar refractivity (Wildman–Crippen MR) is 78.0 cm³/mol. The number of carbonyl (C=O) groups excluding carboxylic acids is 1. The Morgan fingerprint density at radius 2 is 1.83 bits per heavy atom. The minimum Gasteiger partial charge on any atom is -0.353 e. The Morgan fingerprint density at radius 1 is 1.22 bits per heavy atom. The molecular formula is C14H26N2OS. The normalized spacial score (nSPS) is 23.1. The topological polar surface area (TPSA) is 32.3 Å². The second kappa shape index (κ2) is 5.83. The van der Waals surface area contributed by atoms with Crippen LogP contribution in [-0.4, -0.2) is 46.5 Å². The second-order valence-electron chi connectivity index (χ2n) is 6.51. The molecule has 2 fully saturated rings. The van der Waals surface area contributed by atoms with E-state index in [1.165, 1.54) is 25.9 Å². The minimum absolute atomic E-state index is 0.173. The molecule has 1 heterocycles. The van der Waals surface area contributed by atoms with Crippen LogP contribution in [0.5, 0.6) is 0 Å². The van der Waals surface area contributed by atoms with Gasteiger partial charge in [0.2, 0.25) is 5.91 Å². The largest absolute Gasteiger partial charge is 0.353 e. The van der Waals surface area contributed by atoms with Crippen LogP contribution in [0.2, 0.25) is 0 Å². The molecule has 0 spiro atoms. The SMILES string of the molecule is CC(C)(C)SCC(=O)NC1CCN(C2CC2)CC1. The van der Waals surface area contributed by atoms with Gasteiger partial charge in [0.15, 0.2) is 0 Å². The summed E-state index contributed by atoms with van der Waals surface area (Å²) >= 11 is 1.72. The van der Waals surface area contributed by atoms with Crippen LogP contribution in [-0.2, 0) is 4.79 Å². The Hall–Kier alpha value is -0.220. The van der Waals surface area contributed by atoms with Gasteiger partial charge in [-0.1, -0.05) is 20.8 Å². The van der Waals surface area contributed by atoms with Crippen molar-refractivity contribution in [2.75, 3.05) is 18.8 Å². The maximum absolute atomic E-state index is 11.8. The van der Waals surface area contributed by atoms with E-state index in [-0.39, 0.29) is 10.7 Å². The van der Waals surface area contributed by atoms with Crippen LogP contribution in [0.4, 0.5) is 0 Å². The number of hydrogen-bond donors (Lipinski definition) is 1. The fraction of sp³-hybridized carbons (Fsp3) is 0.929. The van der Waals surface area contributed by atoms with E-state index in [0.29, 0.717) is 11.8 Å². The number of hydrogen-bond acceptors (Lipinski definition) is 3. The molecule has 0 aromatic heterocycles. The average Bonchev–Trinajstić information content (AvgIpc) is 3.10. The number of amides is 1. The summed E-state index contributed by atoms with van der Waals surface area (Å²) in [5, 5.41) is 3.18. The lowest BCUT2D eigenvalue weighted by Gasteiger charge is -2.32. The van der Waals surface area contributed by atoms with Crippen molar-refractivity contribution in [1.29, 1.82) is 0 Å². The molecule has 3 nitrogen and oxygen atoms in total. The van der Waals surface area contributed by atoms with Gasteiger partial charge in [0.05, 0.1) is 5.75 Å². The van der Waals surface area contributed by atoms with Gasteiger partial charge in [0, 0.05) is 29.9 Å². The maximum Gasteiger partial charge on any atom is 0.230 e. The minimum atomic E-state index is 0.173. The number of thioether (sulfide) groups is 1. The van der Waals surface area contributed by atoms with Gasteiger partial charge in [-0.3, -0.25) is 4.79 Å². The summed E-state index contributed by atoms with van der Waals surface area (Å²) in [6, 6.07) is 1.28. The second-order valence-corrected chi connectivity index (χ2v) is 8.31. The Labute approximate surface area is 115 Å². The van der Waals surface area contributed by atoms with E-state index in [1.807, 2.05) is 0 Å². The molecular weight excluding hydrogens is 244 g/mol. The summed E-state index contributed by atoms with van der Waals surface area (Å²) in [6.45, 7) is 8.79. The average molecular weight is 270 g/mol. The third kappa shape index (κ3) is 4.81. The van der Waals surface area contributed by atoms with Gasteiger partial charge >= 0.3 is 0 Å². The van der Waals surface area contributed by atoms with Crippen LogP contribution in [0.15, 0.2) is 0 Å². The number of rotatable bonds is 4. The van der Waals surface area contributed by atoms with Crippen molar-refractivity contribution in [2.24, 2.45) is 0 Å². The molecule has 0 aromatic carbocycles. The predicted octanol–water partition coefficient (Wildman–Crippen LogP) is 2.26. The van der Waals surface area contributed by atoms with E-state index in [9.17, 15) is 4.79 Å². The molecule has 1 aliphatic heterocycles. The zero-order valence-corrected chi connectivity index (χ0v) is 12.7. The Bertz CT molecular complexity index is 289. The van der Waals surface area contributed by atoms with Gasteiger partial charge in [0.1, 0.15) is 0 Å². The van der Waals surface area contributed by atoms with Crippen molar-refractivity contribution in [3.05, 3.63) is 0 Å². The molecule has 2 rings (SSSR count). The van der Waals surface area contributed by atoms with Gasteiger partial charge in [-0.25, -0.2) is 0 Å². The summed E-state index contributed by atoms with van der Waals surface area (Å²) in [5.41, 5.74) is 0. The number of nitrogens with zero attached hydrogens (tertiary/aromatic N) is 1. The standard InChI is InChI=1S/C14H26N2OS/c1-14(2,3)18-10-13(17)15-11-6-8-16(9-7-11)12-4-5-12/h11-12H,4-10H2,1-3H3,(H,15,17). The highest BCUT2D eigenvalue weighted by Gasteiger charge is 2.32. The molecule has 1 amide bonds. The molecule has 2 aliphatic rings. The highest BCUT2D eigenvalue weighted by molar-refractivity contribution is 8.01. The highest BCUT2D eigenvalue weighted by atomic mass is 32.2. The Kier molecular flexibility index (Phi) is 4.59. The van der Waals surface area contributed by atoms with Crippen LogP contribution in [0.3, 0.4) is 0 Å². The number of nitrogens with one attached hydrogen (secondary N) is 1. The molecule has 1 saturated heterocycles. The van der Waals surface area contributed by atoms with Gasteiger partial charge in [-0.05, 0) is 25.7 Å². The van der Waals surface area contributed by atoms with E-state index in [2.05, 4.69) is 31.0 Å². The van der Waals surface area contributed by atoms with E-state index < -0.39 is 0 Å². The lowest BCUT2D eigenvalue weighted by Crippen LogP contribution is -2.45. The summed E-state index contributed by atoms with van der Waals surface area (Å²) < 4.78 is 0.173. The van der Waals surface area contributed by atoms with E-state index >= 15 is 0 Å². The molecule has 104 valence electrons. The summed E-state index contributed by atoms with van der Waals surface area (Å²) in [4.78, 5) is 14.4. The van der Waals surface area contributed by atoms with Crippen molar-refractivity contribution >= 4 is 17.7 Å². The van der Waals surface area contributed by atoms with E-state index in [4.69, 9.17) is 0 Å². The van der Waals surface area contributed by atoms with Crippen molar-refractivity contribution in [3.63, 3.8) is 0 Å². The van der Waals surface area contributed by atoms with Crippen molar-refractivity contribution in [2.45, 2.75) is 63.3 Å². The van der Waals surface area contributed by atoms with Crippen LogP contribution in [0.1, 0.15) is 46.5 Å². The smallest absolute Gasteiger partial charge is 0.230 e. The molecule has 1 saturated carbocycles. The van der Waals surface area contributed by atoms with Crippen LogP contribution in [0, 0.1) is 0 Å². The summed E-state index contributed by atoms with van der Waals surface area (Å²) in [6.07, 6.45) is 5.03. The Morgan fingerprint density at radius 3 is 2.33 bits per heavy atom. The van der Waals surface area contributed by atoms with Crippen LogP contribution >= 0.6 is 11.8 Å². The lowest BCUT2D eigenvalue weighted by atomic mass is 10.1. The third-order valence-corrected chi connectivity index (χ3v) is 4.87. The monoisotopic (exact) mass is 270 g/mol.